The van der Waals surface area contributed by atoms with Gasteiger partial charge in [0, 0.05) is 18.2 Å². The predicted molar refractivity (Wildman–Crippen MR) is 61.6 cm³/mol. The van der Waals surface area contributed by atoms with Crippen LogP contribution in [-0.4, -0.2) is 31.0 Å². The molecule has 0 heterocycles. The highest BCUT2D eigenvalue weighted by molar-refractivity contribution is 6.31. The van der Waals surface area contributed by atoms with Crippen LogP contribution in [0.15, 0.2) is 6.07 Å². The minimum absolute atomic E-state index is 0.0275. The summed E-state index contributed by atoms with van der Waals surface area (Å²) in [5, 5.41) is 19.1. The normalized spacial score (nSPS) is 10.2. The second-order valence-corrected chi connectivity index (χ2v) is 3.66. The molecule has 0 aliphatic heterocycles. The van der Waals surface area contributed by atoms with Crippen LogP contribution in [0.2, 0.25) is 5.02 Å². The maximum Gasteiger partial charge on any atom is 0.203 e. The number of hydrogen-bond donors (Lipinski definition) is 2. The smallest absolute Gasteiger partial charge is 0.203 e. The van der Waals surface area contributed by atoms with E-state index in [2.05, 4.69) is 0 Å². The van der Waals surface area contributed by atoms with Crippen LogP contribution >= 0.6 is 11.6 Å². The monoisotopic (exact) mass is 246 g/mol. The van der Waals surface area contributed by atoms with Crippen molar-refractivity contribution in [3.05, 3.63) is 16.7 Å². The summed E-state index contributed by atoms with van der Waals surface area (Å²) in [6.45, 7) is 0.0457. The molecule has 0 fully saturated rings. The molecule has 5 heteroatoms. The van der Waals surface area contributed by atoms with Crippen LogP contribution in [0.25, 0.3) is 0 Å². The van der Waals surface area contributed by atoms with Crippen molar-refractivity contribution in [3.63, 3.8) is 0 Å². The van der Waals surface area contributed by atoms with Gasteiger partial charge in [0.2, 0.25) is 5.75 Å². The highest BCUT2D eigenvalue weighted by atomic mass is 35.5. The summed E-state index contributed by atoms with van der Waals surface area (Å²) in [6.07, 6.45) is 1.02. The molecule has 90 valence electrons. The van der Waals surface area contributed by atoms with Gasteiger partial charge < -0.3 is 19.7 Å². The van der Waals surface area contributed by atoms with Crippen molar-refractivity contribution in [3.8, 4) is 17.2 Å². The van der Waals surface area contributed by atoms with E-state index in [1.54, 1.807) is 6.07 Å². The number of benzene rings is 1. The van der Waals surface area contributed by atoms with Gasteiger partial charge in [-0.1, -0.05) is 11.6 Å². The first kappa shape index (κ1) is 12.9. The standard InChI is InChI=1S/C11H15ClO4/c1-15-9-6-8(12)7(4-3-5-13)10(14)11(9)16-2/h6,13-14H,3-5H2,1-2H3. The first-order valence-corrected chi connectivity index (χ1v) is 5.26. The predicted octanol–water partition coefficient (Wildman–Crippen LogP) is 1.99. The molecule has 0 atom stereocenters. The third-order valence-electron chi connectivity index (χ3n) is 2.28. The van der Waals surface area contributed by atoms with Crippen molar-refractivity contribution in [2.24, 2.45) is 0 Å². The quantitative estimate of drug-likeness (QED) is 0.834. The maximum atomic E-state index is 9.94. The molecule has 0 saturated carbocycles. The molecular weight excluding hydrogens is 232 g/mol. The molecule has 0 aliphatic rings. The van der Waals surface area contributed by atoms with Crippen LogP contribution in [0.1, 0.15) is 12.0 Å². The lowest BCUT2D eigenvalue weighted by atomic mass is 10.1. The van der Waals surface area contributed by atoms with Gasteiger partial charge >= 0.3 is 0 Å². The molecule has 2 N–H and O–H groups in total. The second-order valence-electron chi connectivity index (χ2n) is 3.25. The third-order valence-corrected chi connectivity index (χ3v) is 2.62. The fraction of sp³-hybridized carbons (Fsp3) is 0.455. The molecule has 1 aromatic rings. The van der Waals surface area contributed by atoms with Crippen LogP contribution in [-0.2, 0) is 6.42 Å². The minimum atomic E-state index is -0.0275. The van der Waals surface area contributed by atoms with Gasteiger partial charge in [0.25, 0.3) is 0 Å². The Labute approximate surface area is 99.4 Å². The summed E-state index contributed by atoms with van der Waals surface area (Å²) < 4.78 is 10.1. The summed E-state index contributed by atoms with van der Waals surface area (Å²) in [4.78, 5) is 0. The summed E-state index contributed by atoms with van der Waals surface area (Å²) in [6, 6.07) is 1.59. The molecular formula is C11H15ClO4. The molecule has 0 bridgehead atoms. The Hall–Kier alpha value is -1.13. The molecule has 1 aromatic carbocycles. The topological polar surface area (TPSA) is 58.9 Å². The van der Waals surface area contributed by atoms with E-state index in [4.69, 9.17) is 26.2 Å². The first-order valence-electron chi connectivity index (χ1n) is 4.88. The molecule has 16 heavy (non-hydrogen) atoms. The number of phenolic OH excluding ortho intramolecular Hbond substituents is 1. The number of phenols is 1. The highest BCUT2D eigenvalue weighted by Crippen LogP contribution is 2.43. The van der Waals surface area contributed by atoms with E-state index in [0.29, 0.717) is 29.2 Å². The number of methoxy groups -OCH3 is 2. The van der Waals surface area contributed by atoms with Crippen molar-refractivity contribution in [1.29, 1.82) is 0 Å². The molecule has 1 rings (SSSR count). The van der Waals surface area contributed by atoms with Crippen molar-refractivity contribution in [2.45, 2.75) is 12.8 Å². The fourth-order valence-corrected chi connectivity index (χ4v) is 1.76. The zero-order valence-electron chi connectivity index (χ0n) is 9.29. The van der Waals surface area contributed by atoms with Gasteiger partial charge in [-0.25, -0.2) is 0 Å². The molecule has 0 spiro atoms. The van der Waals surface area contributed by atoms with E-state index in [9.17, 15) is 5.11 Å². The van der Waals surface area contributed by atoms with Crippen LogP contribution in [0.5, 0.6) is 17.2 Å². The summed E-state index contributed by atoms with van der Waals surface area (Å²) in [5.41, 5.74) is 0.563. The fourth-order valence-electron chi connectivity index (χ4n) is 1.48. The average Bonchev–Trinajstić information content (AvgIpc) is 2.28. The van der Waals surface area contributed by atoms with E-state index >= 15 is 0 Å². The number of ether oxygens (including phenoxy) is 2. The number of aromatic hydroxyl groups is 1. The zero-order chi connectivity index (χ0) is 12.1. The van der Waals surface area contributed by atoms with Gasteiger partial charge in [-0.05, 0) is 12.8 Å². The molecule has 0 amide bonds. The van der Waals surface area contributed by atoms with Gasteiger partial charge in [0.05, 0.1) is 19.2 Å². The van der Waals surface area contributed by atoms with Gasteiger partial charge in [0.15, 0.2) is 11.5 Å². The van der Waals surface area contributed by atoms with E-state index in [0.717, 1.165) is 0 Å². The zero-order valence-corrected chi connectivity index (χ0v) is 10.0. The first-order chi connectivity index (χ1) is 7.65. The van der Waals surface area contributed by atoms with E-state index in [1.807, 2.05) is 0 Å². The second kappa shape index (κ2) is 5.82. The Balaban J connectivity index is 3.18. The third kappa shape index (κ3) is 2.51. The lowest BCUT2D eigenvalue weighted by Crippen LogP contribution is -1.97. The van der Waals surface area contributed by atoms with Crippen LogP contribution in [0.3, 0.4) is 0 Å². The lowest BCUT2D eigenvalue weighted by molar-refractivity contribution is 0.287. The van der Waals surface area contributed by atoms with E-state index < -0.39 is 0 Å². The van der Waals surface area contributed by atoms with Crippen molar-refractivity contribution < 1.29 is 19.7 Å². The number of aliphatic hydroxyl groups excluding tert-OH is 1. The van der Waals surface area contributed by atoms with Gasteiger partial charge in [-0.15, -0.1) is 0 Å². The molecule has 0 aromatic heterocycles. The summed E-state index contributed by atoms with van der Waals surface area (Å²) >= 11 is 6.00. The SMILES string of the molecule is COc1cc(Cl)c(CCCO)c(O)c1OC. The van der Waals surface area contributed by atoms with Crippen LogP contribution in [0.4, 0.5) is 0 Å². The Kier molecular flexibility index (Phi) is 4.71. The Morgan fingerprint density at radius 1 is 1.31 bits per heavy atom. The molecule has 0 saturated heterocycles. The lowest BCUT2D eigenvalue weighted by Gasteiger charge is -2.14. The number of aliphatic hydroxyl groups is 1. The minimum Gasteiger partial charge on any atom is -0.504 e. The van der Waals surface area contributed by atoms with E-state index in [-0.39, 0.29) is 18.1 Å². The van der Waals surface area contributed by atoms with Crippen molar-refractivity contribution in [1.82, 2.24) is 0 Å². The highest BCUT2D eigenvalue weighted by Gasteiger charge is 2.17. The Bertz CT molecular complexity index is 365. The molecule has 0 unspecified atom stereocenters. The maximum absolute atomic E-state index is 9.94. The Morgan fingerprint density at radius 2 is 2.00 bits per heavy atom. The summed E-state index contributed by atoms with van der Waals surface area (Å²) in [7, 11) is 2.92. The molecule has 0 radical (unpaired) electrons. The van der Waals surface area contributed by atoms with Crippen molar-refractivity contribution >= 4 is 11.6 Å². The van der Waals surface area contributed by atoms with Crippen LogP contribution < -0.4 is 9.47 Å². The summed E-state index contributed by atoms with van der Waals surface area (Å²) in [5.74, 6) is 0.623. The number of hydrogen-bond acceptors (Lipinski definition) is 4. The Morgan fingerprint density at radius 3 is 2.50 bits per heavy atom. The van der Waals surface area contributed by atoms with Crippen LogP contribution in [0, 0.1) is 0 Å². The largest absolute Gasteiger partial charge is 0.504 e. The van der Waals surface area contributed by atoms with Gasteiger partial charge in [0.1, 0.15) is 0 Å². The number of rotatable bonds is 5. The molecule has 4 nitrogen and oxygen atoms in total. The van der Waals surface area contributed by atoms with Crippen molar-refractivity contribution in [2.75, 3.05) is 20.8 Å². The van der Waals surface area contributed by atoms with Gasteiger partial charge in [-0.3, -0.25) is 0 Å². The van der Waals surface area contributed by atoms with E-state index in [1.165, 1.54) is 14.2 Å². The van der Waals surface area contributed by atoms with Gasteiger partial charge in [-0.2, -0.15) is 0 Å². The average molecular weight is 247 g/mol. The number of halogens is 1. The molecule has 0 aliphatic carbocycles.